The first kappa shape index (κ1) is 7.83. The molecular weight excluding hydrogens is 186 g/mol. The van der Waals surface area contributed by atoms with Gasteiger partial charge >= 0.3 is 0 Å². The fourth-order valence-electron chi connectivity index (χ4n) is 0.805. The van der Waals surface area contributed by atoms with Crippen molar-refractivity contribution < 1.29 is 0 Å². The van der Waals surface area contributed by atoms with E-state index in [1.54, 1.807) is 23.1 Å². The molecule has 0 aliphatic heterocycles. The largest absolute Gasteiger partial charge is 0.238 e. The van der Waals surface area contributed by atoms with Gasteiger partial charge in [-0.3, -0.25) is 0 Å². The molecule has 0 atom stereocenters. The molecule has 0 saturated carbocycles. The summed E-state index contributed by atoms with van der Waals surface area (Å²) >= 11 is 3.25. The van der Waals surface area contributed by atoms with Gasteiger partial charge in [-0.2, -0.15) is 0 Å². The van der Waals surface area contributed by atoms with E-state index >= 15 is 0 Å². The van der Waals surface area contributed by atoms with Crippen LogP contribution in [0, 0.1) is 6.07 Å². The first-order chi connectivity index (χ1) is 5.95. The maximum Gasteiger partial charge on any atom is 0.112 e. The summed E-state index contributed by atoms with van der Waals surface area (Å²) in [6.45, 7) is 0. The molecule has 1 radical (unpaired) electrons. The molecular formula is C9H6NS2. The molecule has 12 heavy (non-hydrogen) atoms. The summed E-state index contributed by atoms with van der Waals surface area (Å²) in [6, 6.07) is 11.0. The third-order valence-corrected chi connectivity index (χ3v) is 2.95. The summed E-state index contributed by atoms with van der Waals surface area (Å²) in [6.07, 6.45) is 0. The second-order valence-corrected chi connectivity index (χ2v) is 3.94. The van der Waals surface area contributed by atoms with Crippen LogP contribution in [-0.2, 0) is 0 Å². The zero-order valence-electron chi connectivity index (χ0n) is 6.23. The Labute approximate surface area is 79.5 Å². The highest BCUT2D eigenvalue weighted by molar-refractivity contribution is 7.99. The fourth-order valence-corrected chi connectivity index (χ4v) is 2.25. The van der Waals surface area contributed by atoms with E-state index < -0.39 is 0 Å². The van der Waals surface area contributed by atoms with Crippen LogP contribution in [0.3, 0.4) is 0 Å². The molecule has 3 heteroatoms. The van der Waals surface area contributed by atoms with Crippen LogP contribution in [-0.4, -0.2) is 4.98 Å². The van der Waals surface area contributed by atoms with Gasteiger partial charge in [-0.25, -0.2) is 4.98 Å². The van der Waals surface area contributed by atoms with E-state index in [-0.39, 0.29) is 0 Å². The average molecular weight is 192 g/mol. The SMILES string of the molecule is [c]1ccccc1Sc1cscn1. The Balaban J connectivity index is 2.15. The van der Waals surface area contributed by atoms with Crippen molar-refractivity contribution >= 4 is 23.1 Å². The molecule has 59 valence electrons. The molecule has 0 unspecified atom stereocenters. The standard InChI is InChI=1S/C9H6NS2/c1-2-4-8(5-3-1)12-9-6-11-7-10-9/h1-4,6-7H. The molecule has 1 heterocycles. The number of benzene rings is 1. The average Bonchev–Trinajstić information content (AvgIpc) is 2.59. The van der Waals surface area contributed by atoms with Crippen LogP contribution in [0.15, 0.2) is 45.1 Å². The first-order valence-corrected chi connectivity index (χ1v) is 5.24. The highest BCUT2D eigenvalue weighted by atomic mass is 32.2. The van der Waals surface area contributed by atoms with Crippen molar-refractivity contribution in [1.82, 2.24) is 4.98 Å². The normalized spacial score (nSPS) is 10.0. The van der Waals surface area contributed by atoms with Crippen LogP contribution >= 0.6 is 23.1 Å². The number of hydrogen-bond donors (Lipinski definition) is 0. The third kappa shape index (κ3) is 1.87. The summed E-state index contributed by atoms with van der Waals surface area (Å²) in [5, 5.41) is 3.08. The van der Waals surface area contributed by atoms with Crippen LogP contribution in [0.2, 0.25) is 0 Å². The van der Waals surface area contributed by atoms with Crippen molar-refractivity contribution in [3.05, 3.63) is 41.2 Å². The Bertz CT molecular complexity index is 329. The summed E-state index contributed by atoms with van der Waals surface area (Å²) in [4.78, 5) is 5.29. The van der Waals surface area contributed by atoms with Gasteiger partial charge in [0.05, 0.1) is 5.51 Å². The van der Waals surface area contributed by atoms with Gasteiger partial charge in [-0.05, 0) is 12.1 Å². The van der Waals surface area contributed by atoms with Crippen molar-refractivity contribution in [2.75, 3.05) is 0 Å². The molecule has 1 nitrogen and oxygen atoms in total. The van der Waals surface area contributed by atoms with Crippen molar-refractivity contribution in [2.24, 2.45) is 0 Å². The van der Waals surface area contributed by atoms with E-state index in [1.165, 1.54) is 0 Å². The zero-order valence-corrected chi connectivity index (χ0v) is 7.86. The lowest BCUT2D eigenvalue weighted by molar-refractivity contribution is 1.20. The number of hydrogen-bond acceptors (Lipinski definition) is 3. The van der Waals surface area contributed by atoms with Crippen LogP contribution in [0.4, 0.5) is 0 Å². The highest BCUT2D eigenvalue weighted by Crippen LogP contribution is 2.25. The molecule has 0 aliphatic carbocycles. The Morgan fingerprint density at radius 2 is 2.42 bits per heavy atom. The summed E-state index contributed by atoms with van der Waals surface area (Å²) in [7, 11) is 0. The van der Waals surface area contributed by atoms with Crippen LogP contribution in [0.1, 0.15) is 0 Å². The minimum Gasteiger partial charge on any atom is -0.238 e. The van der Waals surface area contributed by atoms with Crippen LogP contribution in [0.5, 0.6) is 0 Å². The molecule has 1 aromatic carbocycles. The van der Waals surface area contributed by atoms with Crippen LogP contribution in [0.25, 0.3) is 0 Å². The topological polar surface area (TPSA) is 12.9 Å². The summed E-state index contributed by atoms with van der Waals surface area (Å²) in [5.74, 6) is 0. The van der Waals surface area contributed by atoms with E-state index in [2.05, 4.69) is 11.1 Å². The van der Waals surface area contributed by atoms with Gasteiger partial charge < -0.3 is 0 Å². The van der Waals surface area contributed by atoms with E-state index in [0.29, 0.717) is 0 Å². The van der Waals surface area contributed by atoms with Crippen molar-refractivity contribution in [3.63, 3.8) is 0 Å². The number of rotatable bonds is 2. The minimum absolute atomic E-state index is 1.04. The van der Waals surface area contributed by atoms with E-state index in [9.17, 15) is 0 Å². The van der Waals surface area contributed by atoms with Gasteiger partial charge in [-0.15, -0.1) is 11.3 Å². The van der Waals surface area contributed by atoms with E-state index in [4.69, 9.17) is 0 Å². The molecule has 0 saturated heterocycles. The lowest BCUT2D eigenvalue weighted by Gasteiger charge is -1.94. The predicted octanol–water partition coefficient (Wildman–Crippen LogP) is 3.09. The van der Waals surface area contributed by atoms with Crippen LogP contribution < -0.4 is 0 Å². The van der Waals surface area contributed by atoms with E-state index in [1.807, 2.05) is 35.2 Å². The molecule has 2 rings (SSSR count). The monoisotopic (exact) mass is 192 g/mol. The Hall–Kier alpha value is -0.800. The number of nitrogens with zero attached hydrogens (tertiary/aromatic N) is 1. The van der Waals surface area contributed by atoms with Crippen molar-refractivity contribution in [2.45, 2.75) is 9.92 Å². The number of thiazole rings is 1. The van der Waals surface area contributed by atoms with Gasteiger partial charge in [0.2, 0.25) is 0 Å². The lowest BCUT2D eigenvalue weighted by Crippen LogP contribution is -1.70. The second-order valence-electron chi connectivity index (χ2n) is 2.16. The molecule has 0 amide bonds. The molecule has 0 N–H and O–H groups in total. The van der Waals surface area contributed by atoms with Crippen molar-refractivity contribution in [1.29, 1.82) is 0 Å². The molecule has 0 aliphatic rings. The molecule has 1 aromatic heterocycles. The maximum absolute atomic E-state index is 4.17. The highest BCUT2D eigenvalue weighted by Gasteiger charge is 1.96. The minimum atomic E-state index is 1.04. The molecule has 0 bridgehead atoms. The summed E-state index contributed by atoms with van der Waals surface area (Å²) < 4.78 is 0. The Morgan fingerprint density at radius 3 is 3.08 bits per heavy atom. The maximum atomic E-state index is 4.17. The fraction of sp³-hybridized carbons (Fsp3) is 0. The third-order valence-electron chi connectivity index (χ3n) is 1.30. The zero-order chi connectivity index (χ0) is 8.23. The van der Waals surface area contributed by atoms with E-state index in [0.717, 1.165) is 9.92 Å². The second kappa shape index (κ2) is 3.74. The van der Waals surface area contributed by atoms with Gasteiger partial charge in [0, 0.05) is 10.3 Å². The Morgan fingerprint density at radius 1 is 1.42 bits per heavy atom. The van der Waals surface area contributed by atoms with Gasteiger partial charge in [0.15, 0.2) is 0 Å². The molecule has 0 fully saturated rings. The predicted molar refractivity (Wildman–Crippen MR) is 51.5 cm³/mol. The Kier molecular flexibility index (Phi) is 2.44. The van der Waals surface area contributed by atoms with Gasteiger partial charge in [-0.1, -0.05) is 30.0 Å². The smallest absolute Gasteiger partial charge is 0.112 e. The quantitative estimate of drug-likeness (QED) is 0.725. The van der Waals surface area contributed by atoms with Gasteiger partial charge in [0.1, 0.15) is 5.03 Å². The molecule has 0 spiro atoms. The lowest BCUT2D eigenvalue weighted by atomic mass is 10.4. The summed E-state index contributed by atoms with van der Waals surface area (Å²) in [5.41, 5.74) is 1.84. The van der Waals surface area contributed by atoms with Crippen molar-refractivity contribution in [3.8, 4) is 0 Å². The van der Waals surface area contributed by atoms with Gasteiger partial charge in [0.25, 0.3) is 0 Å². The molecule has 2 aromatic rings. The number of aromatic nitrogens is 1. The first-order valence-electron chi connectivity index (χ1n) is 3.48.